The van der Waals surface area contributed by atoms with Crippen LogP contribution < -0.4 is 5.32 Å². The first kappa shape index (κ1) is 14.4. The van der Waals surface area contributed by atoms with Gasteiger partial charge in [0.05, 0.1) is 17.4 Å². The molecular formula is C16H20N2O2S. The molecule has 1 aromatic carbocycles. The van der Waals surface area contributed by atoms with Crippen LogP contribution in [-0.2, 0) is 16.0 Å². The highest BCUT2D eigenvalue weighted by molar-refractivity contribution is 8.00. The van der Waals surface area contributed by atoms with Crippen LogP contribution in [0.5, 0.6) is 0 Å². The molecule has 1 fully saturated rings. The van der Waals surface area contributed by atoms with Crippen LogP contribution in [0.2, 0.25) is 0 Å². The molecule has 0 saturated carbocycles. The predicted molar refractivity (Wildman–Crippen MR) is 84.5 cm³/mol. The first-order valence-corrected chi connectivity index (χ1v) is 8.39. The van der Waals surface area contributed by atoms with Crippen LogP contribution in [0, 0.1) is 0 Å². The quantitative estimate of drug-likeness (QED) is 0.914. The number of carbonyl (C=O) groups excluding carboxylic acids is 2. The van der Waals surface area contributed by atoms with Crippen LogP contribution in [-0.4, -0.2) is 35.1 Å². The van der Waals surface area contributed by atoms with Crippen LogP contribution in [0.15, 0.2) is 23.1 Å². The maximum atomic E-state index is 12.3. The number of anilines is 1. The number of rotatable bonds is 2. The second-order valence-electron chi connectivity index (χ2n) is 5.70. The van der Waals surface area contributed by atoms with Crippen molar-refractivity contribution < 1.29 is 9.59 Å². The zero-order valence-electron chi connectivity index (χ0n) is 12.2. The summed E-state index contributed by atoms with van der Waals surface area (Å²) >= 11 is 1.57. The summed E-state index contributed by atoms with van der Waals surface area (Å²) in [5, 5.41) is 2.86. The lowest BCUT2D eigenvalue weighted by Gasteiger charge is -2.27. The van der Waals surface area contributed by atoms with Crippen molar-refractivity contribution >= 4 is 29.3 Å². The van der Waals surface area contributed by atoms with E-state index in [0.29, 0.717) is 6.42 Å². The zero-order chi connectivity index (χ0) is 14.8. The van der Waals surface area contributed by atoms with Crippen LogP contribution in [0.25, 0.3) is 0 Å². The summed E-state index contributed by atoms with van der Waals surface area (Å²) in [6, 6.07) is 5.95. The Kier molecular flexibility index (Phi) is 4.19. The lowest BCUT2D eigenvalue weighted by Crippen LogP contribution is -2.36. The maximum absolute atomic E-state index is 12.3. The summed E-state index contributed by atoms with van der Waals surface area (Å²) in [6.45, 7) is 3.67. The van der Waals surface area contributed by atoms with E-state index in [-0.39, 0.29) is 17.1 Å². The number of benzene rings is 1. The first-order chi connectivity index (χ1) is 10.1. The van der Waals surface area contributed by atoms with E-state index in [1.165, 1.54) is 6.42 Å². The van der Waals surface area contributed by atoms with Crippen LogP contribution >= 0.6 is 11.8 Å². The van der Waals surface area contributed by atoms with Gasteiger partial charge in [0.25, 0.3) is 0 Å². The number of nitrogens with one attached hydrogen (secondary N) is 1. The fourth-order valence-electron chi connectivity index (χ4n) is 2.80. The molecular weight excluding hydrogens is 284 g/mol. The number of amides is 2. The number of hydrogen-bond donors (Lipinski definition) is 1. The Morgan fingerprint density at radius 1 is 1.33 bits per heavy atom. The van der Waals surface area contributed by atoms with Crippen molar-refractivity contribution in [2.45, 2.75) is 42.8 Å². The van der Waals surface area contributed by atoms with Gasteiger partial charge in [-0.15, -0.1) is 11.8 Å². The van der Waals surface area contributed by atoms with E-state index < -0.39 is 0 Å². The van der Waals surface area contributed by atoms with E-state index in [4.69, 9.17) is 0 Å². The van der Waals surface area contributed by atoms with E-state index >= 15 is 0 Å². The summed E-state index contributed by atoms with van der Waals surface area (Å²) in [6.07, 6.45) is 3.87. The van der Waals surface area contributed by atoms with E-state index in [0.717, 1.165) is 42.1 Å². The zero-order valence-corrected chi connectivity index (χ0v) is 13.0. The predicted octanol–water partition coefficient (Wildman–Crippen LogP) is 2.67. The molecule has 2 heterocycles. The summed E-state index contributed by atoms with van der Waals surface area (Å²) in [5.74, 6) is 0.227. The van der Waals surface area contributed by atoms with Crippen molar-refractivity contribution in [2.75, 3.05) is 18.4 Å². The van der Waals surface area contributed by atoms with Crippen molar-refractivity contribution in [2.24, 2.45) is 0 Å². The fraction of sp³-hybridized carbons (Fsp3) is 0.500. The van der Waals surface area contributed by atoms with Gasteiger partial charge in [-0.25, -0.2) is 0 Å². The number of hydrogen-bond acceptors (Lipinski definition) is 3. The molecule has 1 saturated heterocycles. The van der Waals surface area contributed by atoms with E-state index in [1.54, 1.807) is 11.8 Å². The van der Waals surface area contributed by atoms with Gasteiger partial charge in [0.1, 0.15) is 0 Å². The van der Waals surface area contributed by atoms with Gasteiger partial charge in [0.15, 0.2) is 0 Å². The minimum atomic E-state index is -0.0571. The van der Waals surface area contributed by atoms with Crippen LogP contribution in [0.4, 0.5) is 5.69 Å². The molecule has 1 N–H and O–H groups in total. The maximum Gasteiger partial charge on any atom is 0.237 e. The van der Waals surface area contributed by atoms with E-state index in [1.807, 2.05) is 30.0 Å². The molecule has 4 nitrogen and oxygen atoms in total. The molecule has 3 rings (SSSR count). The minimum absolute atomic E-state index is 0.0343. The van der Waals surface area contributed by atoms with E-state index in [2.05, 4.69) is 5.32 Å². The van der Waals surface area contributed by atoms with Gasteiger partial charge >= 0.3 is 0 Å². The van der Waals surface area contributed by atoms with Crippen molar-refractivity contribution in [1.29, 1.82) is 0 Å². The topological polar surface area (TPSA) is 49.4 Å². The Bertz CT molecular complexity index is 567. The Morgan fingerprint density at radius 2 is 2.10 bits per heavy atom. The third-order valence-electron chi connectivity index (χ3n) is 4.04. The molecule has 1 aromatic rings. The standard InChI is InChI=1S/C16H20N2O2S/c1-11-16(20)17-13-9-12(5-6-14(13)21-11)10-15(19)18-7-3-2-4-8-18/h5-6,9,11H,2-4,7-8,10H2,1H3,(H,17,20). The molecule has 0 aliphatic carbocycles. The number of carbonyl (C=O) groups is 2. The molecule has 2 aliphatic rings. The van der Waals surface area contributed by atoms with Gasteiger partial charge in [-0.2, -0.15) is 0 Å². The highest BCUT2D eigenvalue weighted by atomic mass is 32.2. The monoisotopic (exact) mass is 304 g/mol. The van der Waals surface area contributed by atoms with Crippen molar-refractivity contribution in [3.8, 4) is 0 Å². The summed E-state index contributed by atoms with van der Waals surface area (Å²) in [5.41, 5.74) is 1.81. The molecule has 5 heteroatoms. The van der Waals surface area contributed by atoms with Crippen molar-refractivity contribution in [3.05, 3.63) is 23.8 Å². The average molecular weight is 304 g/mol. The summed E-state index contributed by atoms with van der Waals surface area (Å²) in [7, 11) is 0. The van der Waals surface area contributed by atoms with Crippen molar-refractivity contribution in [3.63, 3.8) is 0 Å². The molecule has 1 unspecified atom stereocenters. The third-order valence-corrected chi connectivity index (χ3v) is 5.22. The van der Waals surface area contributed by atoms with Gasteiger partial charge < -0.3 is 10.2 Å². The van der Waals surface area contributed by atoms with Gasteiger partial charge in [0.2, 0.25) is 11.8 Å². The van der Waals surface area contributed by atoms with Gasteiger partial charge in [0, 0.05) is 18.0 Å². The Hall–Kier alpha value is -1.49. The summed E-state index contributed by atoms with van der Waals surface area (Å²) in [4.78, 5) is 27.1. The lowest BCUT2D eigenvalue weighted by molar-refractivity contribution is -0.131. The molecule has 1 atom stereocenters. The number of likely N-dealkylation sites (tertiary alicyclic amines) is 1. The second kappa shape index (κ2) is 6.10. The number of fused-ring (bicyclic) bond motifs is 1. The molecule has 0 bridgehead atoms. The molecule has 112 valence electrons. The largest absolute Gasteiger partial charge is 0.342 e. The highest BCUT2D eigenvalue weighted by Gasteiger charge is 2.23. The first-order valence-electron chi connectivity index (χ1n) is 7.52. The Morgan fingerprint density at radius 3 is 2.86 bits per heavy atom. The average Bonchev–Trinajstić information content (AvgIpc) is 2.49. The van der Waals surface area contributed by atoms with Crippen LogP contribution in [0.3, 0.4) is 0 Å². The van der Waals surface area contributed by atoms with Crippen LogP contribution in [0.1, 0.15) is 31.7 Å². The molecule has 0 radical (unpaired) electrons. The number of piperidine rings is 1. The lowest BCUT2D eigenvalue weighted by atomic mass is 10.1. The highest BCUT2D eigenvalue weighted by Crippen LogP contribution is 2.36. The summed E-state index contributed by atoms with van der Waals surface area (Å²) < 4.78 is 0. The minimum Gasteiger partial charge on any atom is -0.342 e. The third kappa shape index (κ3) is 3.23. The second-order valence-corrected chi connectivity index (χ2v) is 7.08. The van der Waals surface area contributed by atoms with E-state index in [9.17, 15) is 9.59 Å². The Balaban J connectivity index is 1.70. The number of nitrogens with zero attached hydrogens (tertiary/aromatic N) is 1. The fourth-order valence-corrected chi connectivity index (χ4v) is 3.73. The van der Waals surface area contributed by atoms with Crippen molar-refractivity contribution in [1.82, 2.24) is 4.90 Å². The Labute approximate surface area is 129 Å². The molecule has 2 amide bonds. The van der Waals surface area contributed by atoms with Gasteiger partial charge in [-0.3, -0.25) is 9.59 Å². The molecule has 21 heavy (non-hydrogen) atoms. The molecule has 2 aliphatic heterocycles. The van der Waals surface area contributed by atoms with Gasteiger partial charge in [-0.05, 0) is 43.9 Å². The van der Waals surface area contributed by atoms with Gasteiger partial charge in [-0.1, -0.05) is 6.07 Å². The molecule has 0 spiro atoms. The molecule has 0 aromatic heterocycles. The smallest absolute Gasteiger partial charge is 0.237 e. The SMILES string of the molecule is CC1Sc2ccc(CC(=O)N3CCCCC3)cc2NC1=O. The normalized spacial score (nSPS) is 21.7. The number of thioether (sulfide) groups is 1.